The van der Waals surface area contributed by atoms with E-state index in [1.54, 1.807) is 0 Å². The molecule has 3 nitrogen and oxygen atoms in total. The van der Waals surface area contributed by atoms with Gasteiger partial charge in [-0.05, 0) is 52.9 Å². The van der Waals surface area contributed by atoms with Crippen LogP contribution in [0.15, 0.2) is 22.7 Å². The van der Waals surface area contributed by atoms with E-state index in [4.69, 9.17) is 4.74 Å². The number of hydrogen-bond donors (Lipinski definition) is 0. The molecule has 4 heteroatoms. The molecule has 18 heavy (non-hydrogen) atoms. The fourth-order valence-corrected chi connectivity index (χ4v) is 2.46. The van der Waals surface area contributed by atoms with Crippen LogP contribution in [0.25, 0.3) is 0 Å². The number of hydrogen-bond acceptors (Lipinski definition) is 3. The summed E-state index contributed by atoms with van der Waals surface area (Å²) in [5.41, 5.74) is 1.76. The SMILES string of the molecule is CN(CCOCC1CC1)c1ccc(C=O)cc1Br. The predicted molar refractivity (Wildman–Crippen MR) is 76.3 cm³/mol. The van der Waals surface area contributed by atoms with Crippen LogP contribution in [0, 0.1) is 5.92 Å². The molecule has 1 aromatic carbocycles. The molecule has 1 saturated carbocycles. The Labute approximate surface area is 116 Å². The van der Waals surface area contributed by atoms with Crippen LogP contribution < -0.4 is 4.90 Å². The largest absolute Gasteiger partial charge is 0.379 e. The fraction of sp³-hybridized carbons (Fsp3) is 0.500. The molecule has 1 aliphatic carbocycles. The monoisotopic (exact) mass is 311 g/mol. The Hall–Kier alpha value is -0.870. The van der Waals surface area contributed by atoms with Gasteiger partial charge in [0.25, 0.3) is 0 Å². The summed E-state index contributed by atoms with van der Waals surface area (Å²) in [5, 5.41) is 0. The van der Waals surface area contributed by atoms with Crippen LogP contribution in [-0.2, 0) is 4.74 Å². The van der Waals surface area contributed by atoms with Crippen molar-refractivity contribution >= 4 is 27.9 Å². The van der Waals surface area contributed by atoms with Crippen LogP contribution in [0.2, 0.25) is 0 Å². The first kappa shape index (κ1) is 13.6. The zero-order valence-corrected chi connectivity index (χ0v) is 12.1. The second-order valence-electron chi connectivity index (χ2n) is 4.77. The van der Waals surface area contributed by atoms with Crippen molar-refractivity contribution in [1.29, 1.82) is 0 Å². The van der Waals surface area contributed by atoms with Gasteiger partial charge in [-0.1, -0.05) is 0 Å². The summed E-state index contributed by atoms with van der Waals surface area (Å²) >= 11 is 3.49. The second kappa shape index (κ2) is 6.34. The maximum Gasteiger partial charge on any atom is 0.150 e. The van der Waals surface area contributed by atoms with Crippen molar-refractivity contribution < 1.29 is 9.53 Å². The van der Waals surface area contributed by atoms with Gasteiger partial charge in [0.1, 0.15) is 6.29 Å². The first-order chi connectivity index (χ1) is 8.70. The van der Waals surface area contributed by atoms with Gasteiger partial charge in [0, 0.05) is 30.2 Å². The molecule has 0 aliphatic heterocycles. The predicted octanol–water partition coefficient (Wildman–Crippen LogP) is 3.12. The molecule has 1 fully saturated rings. The number of ether oxygens (including phenoxy) is 1. The Bertz CT molecular complexity index is 418. The second-order valence-corrected chi connectivity index (χ2v) is 5.62. The molecule has 2 rings (SSSR count). The highest BCUT2D eigenvalue weighted by Gasteiger charge is 2.21. The van der Waals surface area contributed by atoms with Crippen LogP contribution >= 0.6 is 15.9 Å². The maximum absolute atomic E-state index is 10.7. The normalized spacial score (nSPS) is 14.6. The van der Waals surface area contributed by atoms with Gasteiger partial charge < -0.3 is 9.64 Å². The molecule has 0 unspecified atom stereocenters. The molecule has 0 amide bonds. The highest BCUT2D eigenvalue weighted by atomic mass is 79.9. The van der Waals surface area contributed by atoms with E-state index in [9.17, 15) is 4.79 Å². The number of nitrogens with zero attached hydrogens (tertiary/aromatic N) is 1. The first-order valence-corrected chi connectivity index (χ1v) is 7.03. The van der Waals surface area contributed by atoms with Gasteiger partial charge in [-0.25, -0.2) is 0 Å². The molecule has 0 aromatic heterocycles. The van der Waals surface area contributed by atoms with Crippen molar-refractivity contribution in [3.05, 3.63) is 28.2 Å². The number of likely N-dealkylation sites (N-methyl/N-ethyl adjacent to an activating group) is 1. The van der Waals surface area contributed by atoms with Gasteiger partial charge in [0.2, 0.25) is 0 Å². The lowest BCUT2D eigenvalue weighted by atomic mass is 10.2. The van der Waals surface area contributed by atoms with Crippen LogP contribution in [0.3, 0.4) is 0 Å². The van der Waals surface area contributed by atoms with Crippen molar-refractivity contribution in [2.45, 2.75) is 12.8 Å². The average molecular weight is 312 g/mol. The molecule has 98 valence electrons. The number of aldehydes is 1. The van der Waals surface area contributed by atoms with Gasteiger partial charge in [-0.15, -0.1) is 0 Å². The fourth-order valence-electron chi connectivity index (χ4n) is 1.76. The number of anilines is 1. The topological polar surface area (TPSA) is 29.5 Å². The summed E-state index contributed by atoms with van der Waals surface area (Å²) in [4.78, 5) is 12.8. The molecular weight excluding hydrogens is 294 g/mol. The van der Waals surface area contributed by atoms with Crippen LogP contribution in [0.5, 0.6) is 0 Å². The molecule has 0 spiro atoms. The Morgan fingerprint density at radius 1 is 1.50 bits per heavy atom. The molecule has 1 aromatic rings. The van der Waals surface area contributed by atoms with Crippen molar-refractivity contribution in [3.63, 3.8) is 0 Å². The molecular formula is C14H18BrNO2. The minimum atomic E-state index is 0.684. The third-order valence-electron chi connectivity index (χ3n) is 3.14. The summed E-state index contributed by atoms with van der Waals surface area (Å²) in [6.07, 6.45) is 3.51. The van der Waals surface area contributed by atoms with Crippen molar-refractivity contribution in [2.24, 2.45) is 5.92 Å². The van der Waals surface area contributed by atoms with E-state index in [0.29, 0.717) is 5.56 Å². The number of halogens is 1. The molecule has 0 bridgehead atoms. The quantitative estimate of drug-likeness (QED) is 0.572. The van der Waals surface area contributed by atoms with Crippen molar-refractivity contribution in [1.82, 2.24) is 0 Å². The average Bonchev–Trinajstić information content (AvgIpc) is 3.18. The van der Waals surface area contributed by atoms with Crippen LogP contribution in [-0.4, -0.2) is 33.1 Å². The van der Waals surface area contributed by atoms with E-state index in [1.165, 1.54) is 12.8 Å². The lowest BCUT2D eigenvalue weighted by Gasteiger charge is -2.20. The van der Waals surface area contributed by atoms with Crippen molar-refractivity contribution in [2.75, 3.05) is 31.7 Å². The summed E-state index contributed by atoms with van der Waals surface area (Å²) in [7, 11) is 2.03. The highest BCUT2D eigenvalue weighted by Crippen LogP contribution is 2.29. The molecule has 0 heterocycles. The first-order valence-electron chi connectivity index (χ1n) is 6.24. The Morgan fingerprint density at radius 3 is 2.89 bits per heavy atom. The van der Waals surface area contributed by atoms with Crippen LogP contribution in [0.1, 0.15) is 23.2 Å². The number of carbonyl (C=O) groups is 1. The van der Waals surface area contributed by atoms with Gasteiger partial charge in [-0.2, -0.15) is 0 Å². The molecule has 0 saturated heterocycles. The van der Waals surface area contributed by atoms with E-state index in [-0.39, 0.29) is 0 Å². The van der Waals surface area contributed by atoms with E-state index in [2.05, 4.69) is 20.8 Å². The molecule has 0 atom stereocenters. The summed E-state index contributed by atoms with van der Waals surface area (Å²) < 4.78 is 6.56. The number of carbonyl (C=O) groups excluding carboxylic acids is 1. The Morgan fingerprint density at radius 2 is 2.28 bits per heavy atom. The summed E-state index contributed by atoms with van der Waals surface area (Å²) in [6.45, 7) is 2.50. The van der Waals surface area contributed by atoms with E-state index in [1.807, 2.05) is 25.2 Å². The lowest BCUT2D eigenvalue weighted by molar-refractivity contribution is 0.112. The molecule has 1 aliphatic rings. The van der Waals surface area contributed by atoms with Gasteiger partial charge >= 0.3 is 0 Å². The third-order valence-corrected chi connectivity index (χ3v) is 3.78. The zero-order chi connectivity index (χ0) is 13.0. The standard InChI is InChI=1S/C14H18BrNO2/c1-16(6-7-18-10-11-2-3-11)14-5-4-12(9-17)8-13(14)15/h4-5,8-9,11H,2-3,6-7,10H2,1H3. The van der Waals surface area contributed by atoms with Gasteiger partial charge in [0.05, 0.1) is 12.3 Å². The minimum Gasteiger partial charge on any atom is -0.379 e. The third kappa shape index (κ3) is 3.82. The summed E-state index contributed by atoms with van der Waals surface area (Å²) in [6, 6.07) is 5.62. The van der Waals surface area contributed by atoms with Gasteiger partial charge in [-0.3, -0.25) is 4.79 Å². The molecule has 0 radical (unpaired) electrons. The molecule has 0 N–H and O–H groups in total. The highest BCUT2D eigenvalue weighted by molar-refractivity contribution is 9.10. The lowest BCUT2D eigenvalue weighted by Crippen LogP contribution is -2.23. The Balaban J connectivity index is 1.82. The smallest absolute Gasteiger partial charge is 0.150 e. The van der Waals surface area contributed by atoms with E-state index < -0.39 is 0 Å². The van der Waals surface area contributed by atoms with E-state index in [0.717, 1.165) is 42.1 Å². The number of benzene rings is 1. The minimum absolute atomic E-state index is 0.684. The maximum atomic E-state index is 10.7. The summed E-state index contributed by atoms with van der Waals surface area (Å²) in [5.74, 6) is 0.814. The Kier molecular flexibility index (Phi) is 4.78. The van der Waals surface area contributed by atoms with E-state index >= 15 is 0 Å². The van der Waals surface area contributed by atoms with Crippen molar-refractivity contribution in [3.8, 4) is 0 Å². The van der Waals surface area contributed by atoms with Gasteiger partial charge in [0.15, 0.2) is 0 Å². The van der Waals surface area contributed by atoms with Crippen LogP contribution in [0.4, 0.5) is 5.69 Å². The zero-order valence-electron chi connectivity index (χ0n) is 10.6. The number of rotatable bonds is 7.